The van der Waals surface area contributed by atoms with Crippen molar-refractivity contribution >= 4 is 23.8 Å². The fourth-order valence-electron chi connectivity index (χ4n) is 5.08. The number of hydrogen-bond donors (Lipinski definition) is 2. The van der Waals surface area contributed by atoms with Gasteiger partial charge >= 0.3 is 6.03 Å². The second kappa shape index (κ2) is 9.49. The van der Waals surface area contributed by atoms with Crippen molar-refractivity contribution in [2.45, 2.75) is 69.5 Å². The number of nitrogens with one attached hydrogen (secondary N) is 2. The zero-order valence-corrected chi connectivity index (χ0v) is 17.7. The molecule has 0 spiro atoms. The van der Waals surface area contributed by atoms with Gasteiger partial charge in [-0.25, -0.2) is 4.79 Å². The van der Waals surface area contributed by atoms with Crippen molar-refractivity contribution in [2.75, 3.05) is 13.1 Å². The standard InChI is InChI=1S/C23H30N4O4/c28-20-9-5-4-8-19-18(25-20)15-17(14-16-6-2-1-3-7-16)27(19)22(30)11-13-26-21(29)10-12-24-23(26)31/h1-3,6-7,17-19H,4-5,8-15H2,(H,24,31)(H,25,28)/t17-,18-,19+/m1/s1. The maximum atomic E-state index is 13.4. The van der Waals surface area contributed by atoms with E-state index in [1.54, 1.807) is 0 Å². The zero-order valence-electron chi connectivity index (χ0n) is 17.7. The monoisotopic (exact) mass is 426 g/mol. The number of hydrogen-bond acceptors (Lipinski definition) is 4. The van der Waals surface area contributed by atoms with Crippen LogP contribution in [0.3, 0.4) is 0 Å². The molecule has 3 heterocycles. The van der Waals surface area contributed by atoms with Crippen molar-refractivity contribution in [1.82, 2.24) is 20.4 Å². The molecule has 3 saturated heterocycles. The Morgan fingerprint density at radius 2 is 1.87 bits per heavy atom. The first kappa shape index (κ1) is 21.3. The molecule has 0 bridgehead atoms. The van der Waals surface area contributed by atoms with Gasteiger partial charge in [0, 0.05) is 38.4 Å². The van der Waals surface area contributed by atoms with Gasteiger partial charge in [-0.15, -0.1) is 0 Å². The quantitative estimate of drug-likeness (QED) is 0.747. The lowest BCUT2D eigenvalue weighted by Gasteiger charge is -2.34. The number of imide groups is 1. The van der Waals surface area contributed by atoms with Gasteiger partial charge in [0.1, 0.15) is 0 Å². The van der Waals surface area contributed by atoms with Crippen LogP contribution in [0.5, 0.6) is 0 Å². The van der Waals surface area contributed by atoms with Crippen LogP contribution < -0.4 is 10.6 Å². The maximum absolute atomic E-state index is 13.4. The van der Waals surface area contributed by atoms with E-state index in [-0.39, 0.29) is 55.2 Å². The number of rotatable bonds is 5. The molecule has 3 fully saturated rings. The largest absolute Gasteiger partial charge is 0.351 e. The van der Waals surface area contributed by atoms with Gasteiger partial charge in [0.05, 0.1) is 12.1 Å². The summed E-state index contributed by atoms with van der Waals surface area (Å²) in [5, 5.41) is 5.80. The first-order valence-corrected chi connectivity index (χ1v) is 11.3. The predicted molar refractivity (Wildman–Crippen MR) is 114 cm³/mol. The molecule has 1 aromatic carbocycles. The highest BCUT2D eigenvalue weighted by atomic mass is 16.2. The lowest BCUT2D eigenvalue weighted by molar-refractivity contribution is -0.136. The van der Waals surface area contributed by atoms with Crippen molar-refractivity contribution < 1.29 is 19.2 Å². The highest BCUT2D eigenvalue weighted by Gasteiger charge is 2.44. The molecule has 1 aromatic rings. The van der Waals surface area contributed by atoms with E-state index in [9.17, 15) is 19.2 Å². The van der Waals surface area contributed by atoms with E-state index < -0.39 is 6.03 Å². The number of fused-ring (bicyclic) bond motifs is 1. The van der Waals surface area contributed by atoms with E-state index in [4.69, 9.17) is 0 Å². The van der Waals surface area contributed by atoms with Crippen LogP contribution in [0.2, 0.25) is 0 Å². The molecule has 8 nitrogen and oxygen atoms in total. The summed E-state index contributed by atoms with van der Waals surface area (Å²) in [6.45, 7) is 0.429. The average molecular weight is 427 g/mol. The van der Waals surface area contributed by atoms with E-state index in [2.05, 4.69) is 22.8 Å². The van der Waals surface area contributed by atoms with Gasteiger partial charge in [0.2, 0.25) is 17.7 Å². The molecule has 0 saturated carbocycles. The summed E-state index contributed by atoms with van der Waals surface area (Å²) in [7, 11) is 0. The molecule has 0 aliphatic carbocycles. The molecule has 166 valence electrons. The third-order valence-electron chi connectivity index (χ3n) is 6.55. The van der Waals surface area contributed by atoms with E-state index in [1.807, 2.05) is 23.1 Å². The Kier molecular flexibility index (Phi) is 6.53. The Morgan fingerprint density at radius 3 is 2.65 bits per heavy atom. The lowest BCUT2D eigenvalue weighted by Crippen LogP contribution is -2.52. The summed E-state index contributed by atoms with van der Waals surface area (Å²) >= 11 is 0. The molecule has 2 N–H and O–H groups in total. The van der Waals surface area contributed by atoms with Crippen molar-refractivity contribution in [3.63, 3.8) is 0 Å². The molecule has 3 atom stereocenters. The molecule has 5 amide bonds. The van der Waals surface area contributed by atoms with Crippen molar-refractivity contribution in [2.24, 2.45) is 0 Å². The SMILES string of the molecule is O=C1CCCC[C@H]2[C@@H](C[C@@H](Cc3ccccc3)N2C(=O)CCN2C(=O)CCNC2=O)N1. The summed E-state index contributed by atoms with van der Waals surface area (Å²) in [6, 6.07) is 9.51. The van der Waals surface area contributed by atoms with Crippen molar-refractivity contribution in [1.29, 1.82) is 0 Å². The van der Waals surface area contributed by atoms with Crippen LogP contribution >= 0.6 is 0 Å². The first-order chi connectivity index (χ1) is 15.0. The summed E-state index contributed by atoms with van der Waals surface area (Å²) in [5.74, 6) is -0.248. The number of urea groups is 1. The van der Waals surface area contributed by atoms with Gasteiger partial charge in [-0.3, -0.25) is 19.3 Å². The molecule has 0 radical (unpaired) electrons. The Balaban J connectivity index is 1.51. The van der Waals surface area contributed by atoms with Gasteiger partial charge in [-0.05, 0) is 31.2 Å². The Labute approximate surface area is 182 Å². The third kappa shape index (κ3) is 4.89. The molecule has 8 heteroatoms. The number of carbonyl (C=O) groups is 4. The van der Waals surface area contributed by atoms with Crippen LogP contribution in [0, 0.1) is 0 Å². The molecule has 0 aromatic heterocycles. The van der Waals surface area contributed by atoms with Crippen LogP contribution in [0.1, 0.15) is 50.5 Å². The summed E-state index contributed by atoms with van der Waals surface area (Å²) < 4.78 is 0. The molecular formula is C23H30N4O4. The van der Waals surface area contributed by atoms with Gasteiger partial charge in [0.15, 0.2) is 0 Å². The Hall–Kier alpha value is -2.90. The van der Waals surface area contributed by atoms with E-state index in [0.717, 1.165) is 42.6 Å². The second-order valence-electron chi connectivity index (χ2n) is 8.64. The van der Waals surface area contributed by atoms with Gasteiger partial charge < -0.3 is 15.5 Å². The third-order valence-corrected chi connectivity index (χ3v) is 6.55. The van der Waals surface area contributed by atoms with Crippen molar-refractivity contribution in [3.8, 4) is 0 Å². The summed E-state index contributed by atoms with van der Waals surface area (Å²) in [4.78, 5) is 52.8. The van der Waals surface area contributed by atoms with E-state index >= 15 is 0 Å². The normalized spacial score (nSPS) is 26.6. The highest BCUT2D eigenvalue weighted by Crippen LogP contribution is 2.32. The van der Waals surface area contributed by atoms with Crippen LogP contribution in [-0.2, 0) is 20.8 Å². The van der Waals surface area contributed by atoms with Crippen LogP contribution in [-0.4, -0.2) is 64.8 Å². The topological polar surface area (TPSA) is 98.8 Å². The Morgan fingerprint density at radius 1 is 1.06 bits per heavy atom. The molecule has 3 aliphatic rings. The molecular weight excluding hydrogens is 396 g/mol. The van der Waals surface area contributed by atoms with Crippen LogP contribution in [0.25, 0.3) is 0 Å². The fourth-order valence-corrected chi connectivity index (χ4v) is 5.08. The first-order valence-electron chi connectivity index (χ1n) is 11.3. The van der Waals surface area contributed by atoms with Gasteiger partial charge in [-0.1, -0.05) is 36.8 Å². The smallest absolute Gasteiger partial charge is 0.324 e. The average Bonchev–Trinajstić information content (AvgIpc) is 3.05. The van der Waals surface area contributed by atoms with Crippen LogP contribution in [0.15, 0.2) is 30.3 Å². The minimum atomic E-state index is -0.428. The summed E-state index contributed by atoms with van der Waals surface area (Å²) in [5.41, 5.74) is 1.15. The van der Waals surface area contributed by atoms with E-state index in [0.29, 0.717) is 13.0 Å². The minimum absolute atomic E-state index is 0.0193. The number of nitrogens with zero attached hydrogens (tertiary/aromatic N) is 2. The highest BCUT2D eigenvalue weighted by molar-refractivity contribution is 5.97. The molecule has 4 rings (SSSR count). The minimum Gasteiger partial charge on any atom is -0.351 e. The zero-order chi connectivity index (χ0) is 21.8. The molecule has 31 heavy (non-hydrogen) atoms. The number of amides is 5. The Bertz CT molecular complexity index is 827. The second-order valence-corrected chi connectivity index (χ2v) is 8.64. The van der Waals surface area contributed by atoms with Gasteiger partial charge in [0.25, 0.3) is 0 Å². The maximum Gasteiger partial charge on any atom is 0.324 e. The van der Waals surface area contributed by atoms with E-state index in [1.165, 1.54) is 0 Å². The van der Waals surface area contributed by atoms with Crippen molar-refractivity contribution in [3.05, 3.63) is 35.9 Å². The predicted octanol–water partition coefficient (Wildman–Crippen LogP) is 1.59. The number of benzene rings is 1. The summed E-state index contributed by atoms with van der Waals surface area (Å²) in [6.07, 6.45) is 4.92. The fraction of sp³-hybridized carbons (Fsp3) is 0.565. The molecule has 3 aliphatic heterocycles. The number of likely N-dealkylation sites (tertiary alicyclic amines) is 1. The number of carbonyl (C=O) groups excluding carboxylic acids is 4. The molecule has 0 unspecified atom stereocenters. The van der Waals surface area contributed by atoms with Crippen LogP contribution in [0.4, 0.5) is 4.79 Å². The lowest BCUT2D eigenvalue weighted by atomic mass is 9.97. The van der Waals surface area contributed by atoms with Gasteiger partial charge in [-0.2, -0.15) is 0 Å².